The number of aromatic hydroxyl groups is 1. The molecule has 5 rings (SSSR count). The van der Waals surface area contributed by atoms with Crippen LogP contribution in [0, 0.1) is 0 Å². The molecule has 1 aromatic heterocycles. The number of phenolic OH excluding ortho intramolecular Hbond substituents is 1. The Labute approximate surface area is 187 Å². The Hall–Kier alpha value is -4.15. The molecule has 0 aliphatic heterocycles. The van der Waals surface area contributed by atoms with Gasteiger partial charge in [-0.15, -0.1) is 0 Å². The molecule has 0 bridgehead atoms. The number of nitrogens with two attached hydrogens (primary N) is 1. The molecule has 4 heteroatoms. The van der Waals surface area contributed by atoms with Gasteiger partial charge < -0.3 is 10.8 Å². The molecule has 0 atom stereocenters. The quantitative estimate of drug-likeness (QED) is 0.367. The molecular formula is C28H23N3O. The summed E-state index contributed by atoms with van der Waals surface area (Å²) in [6, 6.07) is 35.9. The molecule has 0 spiro atoms. The molecule has 0 saturated carbocycles. The molecule has 0 amide bonds. The minimum Gasteiger partial charge on any atom is -0.508 e. The second-order valence-corrected chi connectivity index (χ2v) is 7.62. The van der Waals surface area contributed by atoms with Gasteiger partial charge in [-0.25, -0.2) is 4.98 Å². The number of phenols is 1. The second-order valence-electron chi connectivity index (χ2n) is 7.62. The van der Waals surface area contributed by atoms with E-state index < -0.39 is 0 Å². The van der Waals surface area contributed by atoms with Crippen LogP contribution in [0.15, 0.2) is 109 Å². The van der Waals surface area contributed by atoms with Gasteiger partial charge in [0.15, 0.2) is 0 Å². The van der Waals surface area contributed by atoms with E-state index in [9.17, 15) is 5.11 Å². The number of nitrogens with zero attached hydrogens (tertiary/aromatic N) is 2. The van der Waals surface area contributed by atoms with Crippen molar-refractivity contribution in [3.05, 3.63) is 115 Å². The van der Waals surface area contributed by atoms with E-state index in [1.165, 1.54) is 0 Å². The topological polar surface area (TPSA) is 64.1 Å². The van der Waals surface area contributed by atoms with Gasteiger partial charge >= 0.3 is 0 Å². The first-order valence-electron chi connectivity index (χ1n) is 10.6. The largest absolute Gasteiger partial charge is 0.508 e. The number of hydrogen-bond acceptors (Lipinski definition) is 3. The lowest BCUT2D eigenvalue weighted by Crippen LogP contribution is -2.02. The summed E-state index contributed by atoms with van der Waals surface area (Å²) in [7, 11) is 0. The molecule has 3 N–H and O–H groups in total. The Kier molecular flexibility index (Phi) is 5.28. The SMILES string of the molecule is NCc1ccc(-n2c(-c3cccc(O)c3)nc(-c3ccccc3)c2-c2ccccc2)cc1. The van der Waals surface area contributed by atoms with Crippen molar-refractivity contribution in [2.45, 2.75) is 6.54 Å². The fourth-order valence-corrected chi connectivity index (χ4v) is 3.95. The maximum absolute atomic E-state index is 10.2. The van der Waals surface area contributed by atoms with Gasteiger partial charge in [-0.2, -0.15) is 0 Å². The fourth-order valence-electron chi connectivity index (χ4n) is 3.95. The minimum atomic E-state index is 0.207. The average molecular weight is 418 g/mol. The third-order valence-corrected chi connectivity index (χ3v) is 5.51. The smallest absolute Gasteiger partial charge is 0.145 e. The van der Waals surface area contributed by atoms with E-state index in [-0.39, 0.29) is 5.75 Å². The Morgan fingerprint density at radius 2 is 1.31 bits per heavy atom. The highest BCUT2D eigenvalue weighted by atomic mass is 16.3. The fraction of sp³-hybridized carbons (Fsp3) is 0.0357. The van der Waals surface area contributed by atoms with Crippen LogP contribution in [0.25, 0.3) is 39.6 Å². The molecule has 156 valence electrons. The molecule has 4 nitrogen and oxygen atoms in total. The summed E-state index contributed by atoms with van der Waals surface area (Å²) in [6.45, 7) is 0.491. The number of aromatic nitrogens is 2. The van der Waals surface area contributed by atoms with Crippen LogP contribution in [0.2, 0.25) is 0 Å². The molecule has 0 unspecified atom stereocenters. The number of benzene rings is 4. The van der Waals surface area contributed by atoms with Crippen molar-refractivity contribution < 1.29 is 5.11 Å². The van der Waals surface area contributed by atoms with Crippen LogP contribution in [0.1, 0.15) is 5.56 Å². The predicted molar refractivity (Wildman–Crippen MR) is 129 cm³/mol. The molecule has 0 aliphatic carbocycles. The summed E-state index contributed by atoms with van der Waals surface area (Å²) in [5, 5.41) is 10.2. The lowest BCUT2D eigenvalue weighted by Gasteiger charge is -2.14. The standard InChI is InChI=1S/C28H23N3O/c29-19-20-14-16-24(17-15-20)31-27(22-10-5-2-6-11-22)26(21-8-3-1-4-9-21)30-28(31)23-12-7-13-25(32)18-23/h1-18,32H,19,29H2. The molecular weight excluding hydrogens is 394 g/mol. The third-order valence-electron chi connectivity index (χ3n) is 5.51. The highest BCUT2D eigenvalue weighted by Crippen LogP contribution is 2.39. The highest BCUT2D eigenvalue weighted by Gasteiger charge is 2.22. The van der Waals surface area contributed by atoms with Gasteiger partial charge in [0.2, 0.25) is 0 Å². The Morgan fingerprint density at radius 1 is 0.688 bits per heavy atom. The van der Waals surface area contributed by atoms with Gasteiger partial charge in [0.05, 0.1) is 11.4 Å². The predicted octanol–water partition coefficient (Wildman–Crippen LogP) is 6.04. The van der Waals surface area contributed by atoms with Gasteiger partial charge in [-0.3, -0.25) is 4.57 Å². The highest BCUT2D eigenvalue weighted by molar-refractivity contribution is 5.84. The maximum Gasteiger partial charge on any atom is 0.145 e. The Morgan fingerprint density at radius 3 is 1.94 bits per heavy atom. The third kappa shape index (κ3) is 3.68. The molecule has 1 heterocycles. The normalized spacial score (nSPS) is 10.9. The van der Waals surface area contributed by atoms with Crippen molar-refractivity contribution >= 4 is 0 Å². The zero-order valence-electron chi connectivity index (χ0n) is 17.5. The van der Waals surface area contributed by atoms with Crippen LogP contribution in [0.5, 0.6) is 5.75 Å². The lowest BCUT2D eigenvalue weighted by molar-refractivity contribution is 0.475. The molecule has 0 fully saturated rings. The van der Waals surface area contributed by atoms with Gasteiger partial charge in [0.25, 0.3) is 0 Å². The first-order chi connectivity index (χ1) is 15.7. The lowest BCUT2D eigenvalue weighted by atomic mass is 10.0. The van der Waals surface area contributed by atoms with Crippen molar-refractivity contribution in [1.29, 1.82) is 0 Å². The summed E-state index contributed by atoms with van der Waals surface area (Å²) in [5.41, 5.74) is 12.7. The molecule has 0 saturated heterocycles. The van der Waals surface area contributed by atoms with Crippen LogP contribution in [-0.4, -0.2) is 14.7 Å². The molecule has 0 aliphatic rings. The summed E-state index contributed by atoms with van der Waals surface area (Å²) in [5.74, 6) is 0.970. The number of imidazole rings is 1. The first kappa shape index (κ1) is 19.8. The van der Waals surface area contributed by atoms with Crippen LogP contribution in [0.3, 0.4) is 0 Å². The first-order valence-corrected chi connectivity index (χ1v) is 10.6. The van der Waals surface area contributed by atoms with E-state index in [1.54, 1.807) is 12.1 Å². The van der Waals surface area contributed by atoms with Gasteiger partial charge in [0, 0.05) is 28.9 Å². The Balaban J connectivity index is 1.86. The van der Waals surface area contributed by atoms with Crippen molar-refractivity contribution in [3.63, 3.8) is 0 Å². The summed E-state index contributed by atoms with van der Waals surface area (Å²) in [6.07, 6.45) is 0. The number of hydrogen-bond donors (Lipinski definition) is 2. The van der Waals surface area contributed by atoms with Crippen LogP contribution in [0.4, 0.5) is 0 Å². The zero-order chi connectivity index (χ0) is 21.9. The van der Waals surface area contributed by atoms with Crippen molar-refractivity contribution in [2.24, 2.45) is 5.73 Å². The Bertz CT molecular complexity index is 1340. The van der Waals surface area contributed by atoms with Gasteiger partial charge in [-0.1, -0.05) is 84.9 Å². The summed E-state index contributed by atoms with van der Waals surface area (Å²) < 4.78 is 2.16. The van der Waals surface area contributed by atoms with Crippen LogP contribution >= 0.6 is 0 Å². The number of rotatable bonds is 5. The van der Waals surface area contributed by atoms with E-state index in [0.29, 0.717) is 6.54 Å². The van der Waals surface area contributed by atoms with Crippen molar-refractivity contribution in [3.8, 4) is 45.3 Å². The maximum atomic E-state index is 10.2. The molecule has 0 radical (unpaired) electrons. The summed E-state index contributed by atoms with van der Waals surface area (Å²) >= 11 is 0. The molecule has 5 aromatic rings. The van der Waals surface area contributed by atoms with E-state index in [4.69, 9.17) is 10.7 Å². The minimum absolute atomic E-state index is 0.207. The van der Waals surface area contributed by atoms with Crippen LogP contribution in [-0.2, 0) is 6.54 Å². The van der Waals surface area contributed by atoms with Gasteiger partial charge in [0.1, 0.15) is 11.6 Å². The zero-order valence-corrected chi connectivity index (χ0v) is 17.5. The van der Waals surface area contributed by atoms with E-state index in [2.05, 4.69) is 41.0 Å². The van der Waals surface area contributed by atoms with Crippen molar-refractivity contribution in [1.82, 2.24) is 9.55 Å². The van der Waals surface area contributed by atoms with Gasteiger partial charge in [-0.05, 0) is 29.8 Å². The monoisotopic (exact) mass is 417 g/mol. The van der Waals surface area contributed by atoms with E-state index in [0.717, 1.165) is 45.2 Å². The van der Waals surface area contributed by atoms with Crippen molar-refractivity contribution in [2.75, 3.05) is 0 Å². The van der Waals surface area contributed by atoms with Crippen LogP contribution < -0.4 is 5.73 Å². The van der Waals surface area contributed by atoms with E-state index >= 15 is 0 Å². The second kappa shape index (κ2) is 8.53. The average Bonchev–Trinajstić information content (AvgIpc) is 3.26. The molecule has 4 aromatic carbocycles. The summed E-state index contributed by atoms with van der Waals surface area (Å²) in [4.78, 5) is 5.11. The molecule has 32 heavy (non-hydrogen) atoms. The van der Waals surface area contributed by atoms with E-state index in [1.807, 2.05) is 60.7 Å².